The predicted octanol–water partition coefficient (Wildman–Crippen LogP) is 6.00. The highest BCUT2D eigenvalue weighted by Crippen LogP contribution is 2.32. The van der Waals surface area contributed by atoms with Gasteiger partial charge in [0.2, 0.25) is 0 Å². The van der Waals surface area contributed by atoms with Gasteiger partial charge in [0.1, 0.15) is 29.1 Å². The van der Waals surface area contributed by atoms with E-state index < -0.39 is 6.04 Å². The average Bonchev–Trinajstić information content (AvgIpc) is 3.64. The molecule has 1 N–H and O–H groups in total. The van der Waals surface area contributed by atoms with Gasteiger partial charge in [0.05, 0.1) is 15.8 Å². The number of carbonyl (C=O) groups is 1. The van der Waals surface area contributed by atoms with Gasteiger partial charge >= 0.3 is 0 Å². The minimum absolute atomic E-state index is 0.294. The van der Waals surface area contributed by atoms with Gasteiger partial charge in [-0.05, 0) is 68.8 Å². The van der Waals surface area contributed by atoms with Gasteiger partial charge in [0.25, 0.3) is 11.5 Å². The van der Waals surface area contributed by atoms with Crippen molar-refractivity contribution in [3.63, 3.8) is 0 Å². The molecule has 7 nitrogen and oxygen atoms in total. The van der Waals surface area contributed by atoms with E-state index in [4.69, 9.17) is 20.4 Å². The van der Waals surface area contributed by atoms with Crippen LogP contribution < -0.4 is 20.2 Å². The molecule has 1 amide bonds. The van der Waals surface area contributed by atoms with E-state index >= 15 is 0 Å². The Labute approximate surface area is 238 Å². The smallest absolute Gasteiger partial charge is 0.271 e. The summed E-state index contributed by atoms with van der Waals surface area (Å²) < 4.78 is 13.9. The topological polar surface area (TPSA) is 89.7 Å². The normalized spacial score (nSPS) is 15.2. The maximum Gasteiger partial charge on any atom is 0.271 e. The molecule has 1 unspecified atom stereocenters. The van der Waals surface area contributed by atoms with Gasteiger partial charge in [-0.3, -0.25) is 14.2 Å². The van der Waals surface area contributed by atoms with Crippen LogP contribution in [0.3, 0.4) is 0 Å². The maximum absolute atomic E-state index is 13.8. The number of furan rings is 2. The Bertz CT molecular complexity index is 1990. The van der Waals surface area contributed by atoms with E-state index in [0.29, 0.717) is 54.4 Å². The zero-order valence-corrected chi connectivity index (χ0v) is 23.5. The lowest BCUT2D eigenvalue weighted by molar-refractivity contribution is -0.113. The maximum atomic E-state index is 13.8. The van der Waals surface area contributed by atoms with Crippen LogP contribution in [0.1, 0.15) is 35.8 Å². The van der Waals surface area contributed by atoms with Gasteiger partial charge in [-0.15, -0.1) is 0 Å². The Hall–Kier alpha value is -4.40. The molecule has 1 atom stereocenters. The molecule has 1 aliphatic rings. The molecule has 2 aromatic carbocycles. The molecule has 40 heavy (non-hydrogen) atoms. The van der Waals surface area contributed by atoms with Crippen LogP contribution in [0.4, 0.5) is 5.69 Å². The van der Waals surface area contributed by atoms with Crippen molar-refractivity contribution in [2.24, 2.45) is 4.99 Å². The Kier molecular flexibility index (Phi) is 6.65. The van der Waals surface area contributed by atoms with E-state index in [2.05, 4.69) is 10.3 Å². The summed E-state index contributed by atoms with van der Waals surface area (Å²) in [7, 11) is 0. The average molecular weight is 570 g/mol. The van der Waals surface area contributed by atoms with Crippen molar-refractivity contribution in [3.05, 3.63) is 132 Å². The van der Waals surface area contributed by atoms with Crippen molar-refractivity contribution in [1.29, 1.82) is 0 Å². The van der Waals surface area contributed by atoms with Crippen molar-refractivity contribution in [1.82, 2.24) is 4.57 Å². The number of hydrogen-bond acceptors (Lipinski definition) is 6. The molecule has 0 spiro atoms. The van der Waals surface area contributed by atoms with Crippen LogP contribution in [-0.4, -0.2) is 10.5 Å². The molecule has 6 rings (SSSR count). The highest BCUT2D eigenvalue weighted by molar-refractivity contribution is 7.07. The first-order valence-electron chi connectivity index (χ1n) is 12.6. The number of nitrogens with zero attached hydrogens (tertiary/aromatic N) is 2. The van der Waals surface area contributed by atoms with Gasteiger partial charge in [-0.2, -0.15) is 0 Å². The van der Waals surface area contributed by atoms with Gasteiger partial charge in [-0.1, -0.05) is 53.3 Å². The Balaban J connectivity index is 1.44. The first-order valence-corrected chi connectivity index (χ1v) is 13.8. The minimum Gasteiger partial charge on any atom is -0.464 e. The third kappa shape index (κ3) is 4.76. The van der Waals surface area contributed by atoms with E-state index in [1.165, 1.54) is 15.9 Å². The summed E-state index contributed by atoms with van der Waals surface area (Å²) in [5, 5.41) is 3.60. The van der Waals surface area contributed by atoms with Gasteiger partial charge in [0.15, 0.2) is 4.80 Å². The van der Waals surface area contributed by atoms with E-state index in [-0.39, 0.29) is 11.5 Å². The number of thiazole rings is 1. The SMILES string of the molecule is CC1=C(C(=O)Nc2ccccc2C)C(c2ccc(C)o2)n2c(sc(=Cc3ccc(-c4cccc(Cl)c4)o3)c2=O)=N1. The van der Waals surface area contributed by atoms with Crippen molar-refractivity contribution in [2.45, 2.75) is 26.8 Å². The van der Waals surface area contributed by atoms with E-state index in [0.717, 1.165) is 11.1 Å². The third-order valence-electron chi connectivity index (χ3n) is 6.70. The lowest BCUT2D eigenvalue weighted by Gasteiger charge is -2.23. The van der Waals surface area contributed by atoms with Gasteiger partial charge in [0, 0.05) is 22.3 Å². The second kappa shape index (κ2) is 10.3. The first-order chi connectivity index (χ1) is 19.3. The largest absolute Gasteiger partial charge is 0.464 e. The van der Waals surface area contributed by atoms with Crippen LogP contribution in [-0.2, 0) is 4.79 Å². The molecule has 0 saturated heterocycles. The molecule has 200 valence electrons. The number of fused-ring (bicyclic) bond motifs is 1. The molecule has 0 saturated carbocycles. The van der Waals surface area contributed by atoms with Crippen LogP contribution in [0, 0.1) is 13.8 Å². The van der Waals surface area contributed by atoms with Crippen molar-refractivity contribution < 1.29 is 13.6 Å². The number of anilines is 1. The molecule has 0 radical (unpaired) electrons. The Morgan fingerprint density at radius 3 is 2.60 bits per heavy atom. The molecule has 3 aromatic heterocycles. The zero-order chi connectivity index (χ0) is 28.0. The fraction of sp³-hybridized carbons (Fsp3) is 0.129. The summed E-state index contributed by atoms with van der Waals surface area (Å²) in [6, 6.07) is 21.4. The van der Waals surface area contributed by atoms with E-state index in [1.807, 2.05) is 68.4 Å². The fourth-order valence-electron chi connectivity index (χ4n) is 4.74. The highest BCUT2D eigenvalue weighted by Gasteiger charge is 2.34. The molecule has 4 heterocycles. The number of hydrogen-bond donors (Lipinski definition) is 1. The summed E-state index contributed by atoms with van der Waals surface area (Å²) in [6.07, 6.45) is 1.69. The molecule has 9 heteroatoms. The predicted molar refractivity (Wildman–Crippen MR) is 156 cm³/mol. The lowest BCUT2D eigenvalue weighted by atomic mass is 10.00. The van der Waals surface area contributed by atoms with Crippen LogP contribution in [0.25, 0.3) is 17.4 Å². The Morgan fingerprint density at radius 2 is 1.85 bits per heavy atom. The summed E-state index contributed by atoms with van der Waals surface area (Å²) in [6.45, 7) is 5.52. The van der Waals surface area contributed by atoms with Crippen LogP contribution in [0.2, 0.25) is 5.02 Å². The Morgan fingerprint density at radius 1 is 1.02 bits per heavy atom. The number of nitrogens with one attached hydrogen (secondary N) is 1. The minimum atomic E-state index is -0.783. The number of aryl methyl sites for hydroxylation is 2. The second-order valence-corrected chi connectivity index (χ2v) is 11.0. The monoisotopic (exact) mass is 569 g/mol. The molecule has 0 aliphatic carbocycles. The van der Waals surface area contributed by atoms with Gasteiger partial charge in [-0.25, -0.2) is 4.99 Å². The molecule has 1 aliphatic heterocycles. The number of benzene rings is 2. The number of amides is 1. The quantitative estimate of drug-likeness (QED) is 0.281. The zero-order valence-electron chi connectivity index (χ0n) is 21.9. The number of para-hydroxylation sites is 1. The molecular formula is C31H24ClN3O4S. The first kappa shape index (κ1) is 25.9. The van der Waals surface area contributed by atoms with Crippen molar-refractivity contribution in [2.75, 3.05) is 5.32 Å². The highest BCUT2D eigenvalue weighted by atomic mass is 35.5. The van der Waals surface area contributed by atoms with Crippen molar-refractivity contribution >= 4 is 40.6 Å². The second-order valence-electron chi connectivity index (χ2n) is 9.51. The summed E-state index contributed by atoms with van der Waals surface area (Å²) in [4.78, 5) is 32.7. The van der Waals surface area contributed by atoms with E-state index in [9.17, 15) is 9.59 Å². The number of carbonyl (C=O) groups excluding carboxylic acids is 1. The summed E-state index contributed by atoms with van der Waals surface area (Å²) >= 11 is 7.37. The van der Waals surface area contributed by atoms with Crippen LogP contribution in [0.15, 0.2) is 103 Å². The third-order valence-corrected chi connectivity index (χ3v) is 7.92. The standard InChI is InChI=1S/C31H24ClN3O4S/c1-17-7-4-5-10-23(17)34-29(36)27-19(3)33-31-35(28(27)25-13-11-18(2)38-25)30(37)26(40-31)16-22-12-14-24(39-22)20-8-6-9-21(32)15-20/h4-16,28H,1-3H3,(H,34,36). The number of aromatic nitrogens is 1. The fourth-order valence-corrected chi connectivity index (χ4v) is 5.96. The molecular weight excluding hydrogens is 546 g/mol. The van der Waals surface area contributed by atoms with Crippen molar-refractivity contribution in [3.8, 4) is 11.3 Å². The number of halogens is 1. The van der Waals surface area contributed by atoms with Crippen LogP contribution in [0.5, 0.6) is 0 Å². The molecule has 0 fully saturated rings. The molecule has 5 aromatic rings. The van der Waals surface area contributed by atoms with E-state index in [1.54, 1.807) is 31.2 Å². The van der Waals surface area contributed by atoms with Crippen LogP contribution >= 0.6 is 22.9 Å². The summed E-state index contributed by atoms with van der Waals surface area (Å²) in [5.41, 5.74) is 3.01. The molecule has 0 bridgehead atoms. The summed E-state index contributed by atoms with van der Waals surface area (Å²) in [5.74, 6) is 1.96. The number of rotatable bonds is 5. The van der Waals surface area contributed by atoms with Gasteiger partial charge < -0.3 is 14.2 Å². The lowest BCUT2D eigenvalue weighted by Crippen LogP contribution is -2.40. The number of allylic oxidation sites excluding steroid dienone is 1.